The number of hydrogen-bond donors (Lipinski definition) is 0. The van der Waals surface area contributed by atoms with E-state index in [9.17, 15) is 4.79 Å². The molecule has 0 atom stereocenters. The largest absolute Gasteiger partial charge is 0.337 e. The van der Waals surface area contributed by atoms with Gasteiger partial charge in [-0.25, -0.2) is 0 Å². The van der Waals surface area contributed by atoms with Crippen molar-refractivity contribution in [2.24, 2.45) is 0 Å². The molecule has 0 bridgehead atoms. The quantitative estimate of drug-likeness (QED) is 0.615. The summed E-state index contributed by atoms with van der Waals surface area (Å²) >= 11 is 0. The Bertz CT molecular complexity index is 310. The summed E-state index contributed by atoms with van der Waals surface area (Å²) in [5.74, 6) is -0.531. The number of carbonyl (C=O) groups is 1. The molecule has 0 saturated carbocycles. The summed E-state index contributed by atoms with van der Waals surface area (Å²) in [4.78, 5) is 11.1. The molecule has 0 aromatic heterocycles. The zero-order valence-electron chi connectivity index (χ0n) is 9.79. The van der Waals surface area contributed by atoms with Crippen LogP contribution in [-0.4, -0.2) is 22.8 Å². The molecule has 1 spiro atoms. The van der Waals surface area contributed by atoms with Crippen molar-refractivity contribution in [1.82, 2.24) is 0 Å². The minimum Gasteiger partial charge on any atom is -0.337 e. The van der Waals surface area contributed by atoms with Gasteiger partial charge in [-0.15, -0.1) is 0 Å². The van der Waals surface area contributed by atoms with Gasteiger partial charge in [0.2, 0.25) is 0 Å². The summed E-state index contributed by atoms with van der Waals surface area (Å²) in [6.07, 6.45) is 4.45. The van der Waals surface area contributed by atoms with Gasteiger partial charge in [0.05, 0.1) is 11.2 Å². The minimum absolute atomic E-state index is 0.148. The first-order valence-corrected chi connectivity index (χ1v) is 5.39. The highest BCUT2D eigenvalue weighted by atomic mass is 16.8. The molecular formula is C12H18O3. The van der Waals surface area contributed by atoms with Crippen LogP contribution in [0.25, 0.3) is 0 Å². The van der Waals surface area contributed by atoms with E-state index >= 15 is 0 Å². The van der Waals surface area contributed by atoms with Gasteiger partial charge in [0.25, 0.3) is 0 Å². The zero-order valence-corrected chi connectivity index (χ0v) is 9.79. The van der Waals surface area contributed by atoms with Crippen molar-refractivity contribution < 1.29 is 14.3 Å². The summed E-state index contributed by atoms with van der Waals surface area (Å²) in [6.45, 7) is 8.08. The second-order valence-electron chi connectivity index (χ2n) is 5.34. The van der Waals surface area contributed by atoms with Crippen LogP contribution in [0.3, 0.4) is 0 Å². The van der Waals surface area contributed by atoms with Crippen molar-refractivity contribution in [3.8, 4) is 0 Å². The van der Waals surface area contributed by atoms with Gasteiger partial charge in [-0.3, -0.25) is 4.79 Å². The Kier molecular flexibility index (Phi) is 2.11. The second-order valence-corrected chi connectivity index (χ2v) is 5.34. The molecule has 15 heavy (non-hydrogen) atoms. The maximum Gasteiger partial charge on any atom is 0.190 e. The zero-order chi connectivity index (χ0) is 11.3. The Morgan fingerprint density at radius 3 is 2.07 bits per heavy atom. The van der Waals surface area contributed by atoms with E-state index in [1.807, 2.05) is 27.7 Å². The predicted octanol–water partition coefficient (Wildman–Crippen LogP) is 2.21. The van der Waals surface area contributed by atoms with Crippen molar-refractivity contribution in [2.45, 2.75) is 57.5 Å². The van der Waals surface area contributed by atoms with Crippen molar-refractivity contribution in [3.05, 3.63) is 12.2 Å². The topological polar surface area (TPSA) is 35.5 Å². The third-order valence-corrected chi connectivity index (χ3v) is 3.55. The van der Waals surface area contributed by atoms with Gasteiger partial charge in [0.1, 0.15) is 0 Å². The van der Waals surface area contributed by atoms with Crippen LogP contribution in [0.5, 0.6) is 0 Å². The lowest BCUT2D eigenvalue weighted by Crippen LogP contribution is -2.41. The molecule has 1 heterocycles. The number of ether oxygens (including phenoxy) is 2. The standard InChI is InChI=1S/C12H18O3/c1-10(2)11(3,4)15-12(14-10)7-5-9(13)6-8-12/h5,7H,6,8H2,1-4H3. The highest BCUT2D eigenvalue weighted by molar-refractivity contribution is 5.90. The van der Waals surface area contributed by atoms with Gasteiger partial charge in [0, 0.05) is 12.8 Å². The highest BCUT2D eigenvalue weighted by Gasteiger charge is 2.56. The monoisotopic (exact) mass is 210 g/mol. The van der Waals surface area contributed by atoms with E-state index in [1.165, 1.54) is 0 Å². The second kappa shape index (κ2) is 2.92. The molecule has 1 aliphatic heterocycles. The third kappa shape index (κ3) is 1.64. The number of allylic oxidation sites excluding steroid dienone is 1. The van der Waals surface area contributed by atoms with E-state index in [2.05, 4.69) is 0 Å². The molecule has 1 aliphatic carbocycles. The lowest BCUT2D eigenvalue weighted by Gasteiger charge is -2.30. The fourth-order valence-corrected chi connectivity index (χ4v) is 1.98. The smallest absolute Gasteiger partial charge is 0.190 e. The summed E-state index contributed by atoms with van der Waals surface area (Å²) < 4.78 is 12.0. The van der Waals surface area contributed by atoms with Gasteiger partial charge in [-0.1, -0.05) is 0 Å². The van der Waals surface area contributed by atoms with E-state index in [0.29, 0.717) is 12.8 Å². The van der Waals surface area contributed by atoms with Crippen molar-refractivity contribution in [2.75, 3.05) is 0 Å². The molecule has 0 aromatic carbocycles. The third-order valence-electron chi connectivity index (χ3n) is 3.55. The molecule has 0 amide bonds. The molecule has 2 aliphatic rings. The Balaban J connectivity index is 2.29. The van der Waals surface area contributed by atoms with Gasteiger partial charge in [-0.05, 0) is 39.8 Å². The van der Waals surface area contributed by atoms with Crippen LogP contribution >= 0.6 is 0 Å². The highest BCUT2D eigenvalue weighted by Crippen LogP contribution is 2.47. The van der Waals surface area contributed by atoms with Crippen LogP contribution in [0, 0.1) is 0 Å². The van der Waals surface area contributed by atoms with Crippen LogP contribution in [0.1, 0.15) is 40.5 Å². The SMILES string of the molecule is CC1(C)OC2(C=CC(=O)CC2)OC1(C)C. The van der Waals surface area contributed by atoms with Gasteiger partial charge >= 0.3 is 0 Å². The molecule has 3 heteroatoms. The lowest BCUT2D eigenvalue weighted by atomic mass is 9.90. The Labute approximate surface area is 90.4 Å². The van der Waals surface area contributed by atoms with E-state index in [4.69, 9.17) is 9.47 Å². The molecule has 84 valence electrons. The maximum absolute atomic E-state index is 11.1. The van der Waals surface area contributed by atoms with Crippen LogP contribution in [0.4, 0.5) is 0 Å². The molecule has 0 unspecified atom stereocenters. The Morgan fingerprint density at radius 1 is 1.13 bits per heavy atom. The van der Waals surface area contributed by atoms with Crippen molar-refractivity contribution in [1.29, 1.82) is 0 Å². The predicted molar refractivity (Wildman–Crippen MR) is 56.4 cm³/mol. The van der Waals surface area contributed by atoms with E-state index in [-0.39, 0.29) is 17.0 Å². The molecule has 1 fully saturated rings. The molecule has 0 N–H and O–H groups in total. The average molecular weight is 210 g/mol. The Hall–Kier alpha value is -0.670. The van der Waals surface area contributed by atoms with E-state index in [0.717, 1.165) is 0 Å². The first-order chi connectivity index (χ1) is 6.77. The van der Waals surface area contributed by atoms with Crippen LogP contribution in [0.2, 0.25) is 0 Å². The summed E-state index contributed by atoms with van der Waals surface area (Å²) in [6, 6.07) is 0. The summed E-state index contributed by atoms with van der Waals surface area (Å²) in [7, 11) is 0. The first-order valence-electron chi connectivity index (χ1n) is 5.39. The number of ketones is 1. The molecule has 0 radical (unpaired) electrons. The summed E-state index contributed by atoms with van der Waals surface area (Å²) in [5, 5.41) is 0. The fourth-order valence-electron chi connectivity index (χ4n) is 1.98. The van der Waals surface area contributed by atoms with E-state index in [1.54, 1.807) is 12.2 Å². The van der Waals surface area contributed by atoms with Gasteiger partial charge in [-0.2, -0.15) is 0 Å². The van der Waals surface area contributed by atoms with Crippen molar-refractivity contribution >= 4 is 5.78 Å². The molecule has 1 saturated heterocycles. The Morgan fingerprint density at radius 2 is 1.67 bits per heavy atom. The number of carbonyl (C=O) groups excluding carboxylic acids is 1. The van der Waals surface area contributed by atoms with Gasteiger partial charge < -0.3 is 9.47 Å². The normalized spacial score (nSPS) is 31.1. The first kappa shape index (κ1) is 10.8. The lowest BCUT2D eigenvalue weighted by molar-refractivity contribution is -0.164. The molecule has 2 rings (SSSR count). The molecule has 3 nitrogen and oxygen atoms in total. The van der Waals surface area contributed by atoms with Crippen LogP contribution in [-0.2, 0) is 14.3 Å². The van der Waals surface area contributed by atoms with Crippen LogP contribution in [0.15, 0.2) is 12.2 Å². The average Bonchev–Trinajstić information content (AvgIpc) is 2.25. The molecule has 0 aromatic rings. The van der Waals surface area contributed by atoms with Gasteiger partial charge in [0.15, 0.2) is 11.6 Å². The van der Waals surface area contributed by atoms with Crippen molar-refractivity contribution in [3.63, 3.8) is 0 Å². The number of hydrogen-bond acceptors (Lipinski definition) is 3. The summed E-state index contributed by atoms with van der Waals surface area (Å²) in [5.41, 5.74) is -0.671. The van der Waals surface area contributed by atoms with E-state index < -0.39 is 5.79 Å². The molecular weight excluding hydrogens is 192 g/mol. The minimum atomic E-state index is -0.680. The maximum atomic E-state index is 11.1. The fraction of sp³-hybridized carbons (Fsp3) is 0.750. The number of rotatable bonds is 0. The van der Waals surface area contributed by atoms with Crippen LogP contribution < -0.4 is 0 Å².